The van der Waals surface area contributed by atoms with E-state index < -0.39 is 5.41 Å². The van der Waals surface area contributed by atoms with E-state index in [0.717, 1.165) is 55.5 Å². The first-order valence-corrected chi connectivity index (χ1v) is 13.1. The number of carbonyl (C=O) groups excluding carboxylic acids is 1. The molecule has 0 bridgehead atoms. The summed E-state index contributed by atoms with van der Waals surface area (Å²) in [5.41, 5.74) is 0.978. The number of rotatable bonds is 5. The average molecular weight is 463 g/mol. The maximum Gasteiger partial charge on any atom is 0.229 e. The maximum atomic E-state index is 12.9. The molecule has 5 nitrogen and oxygen atoms in total. The lowest BCUT2D eigenvalue weighted by molar-refractivity contribution is -0.139. The van der Waals surface area contributed by atoms with Gasteiger partial charge in [0.25, 0.3) is 0 Å². The molecule has 1 aliphatic carbocycles. The lowest BCUT2D eigenvalue weighted by atomic mass is 9.94. The molecule has 0 atom stereocenters. The Labute approximate surface area is 195 Å². The summed E-state index contributed by atoms with van der Waals surface area (Å²) in [4.78, 5) is 30.0. The predicted octanol–water partition coefficient (Wildman–Crippen LogP) is 5.07. The van der Waals surface area contributed by atoms with Gasteiger partial charge in [0.15, 0.2) is 0 Å². The Kier molecular flexibility index (Phi) is 6.78. The van der Waals surface area contributed by atoms with Crippen LogP contribution in [-0.4, -0.2) is 52.8 Å². The van der Waals surface area contributed by atoms with Crippen molar-refractivity contribution in [2.45, 2.75) is 66.2 Å². The van der Waals surface area contributed by atoms with Gasteiger partial charge >= 0.3 is 0 Å². The molecule has 170 valence electrons. The molecular weight excluding hydrogens is 428 g/mol. The minimum Gasteiger partial charge on any atom is -0.352 e. The molecule has 0 saturated carbocycles. The highest BCUT2D eigenvalue weighted by atomic mass is 35.5. The normalized spacial score (nSPS) is 17.9. The fraction of sp³-hybridized carbons (Fsp3) is 0.708. The van der Waals surface area contributed by atoms with Gasteiger partial charge in [-0.25, -0.2) is 9.97 Å². The summed E-state index contributed by atoms with van der Waals surface area (Å²) in [7, 11) is 0. The maximum absolute atomic E-state index is 12.9. The van der Waals surface area contributed by atoms with Crippen LogP contribution >= 0.6 is 22.9 Å². The van der Waals surface area contributed by atoms with Gasteiger partial charge in [-0.3, -0.25) is 4.79 Å². The van der Waals surface area contributed by atoms with Crippen LogP contribution in [0.2, 0.25) is 0 Å². The molecule has 3 heterocycles. The zero-order chi connectivity index (χ0) is 22.2. The Hall–Kier alpha value is -1.40. The predicted molar refractivity (Wildman–Crippen MR) is 131 cm³/mol. The molecule has 1 fully saturated rings. The van der Waals surface area contributed by atoms with Crippen LogP contribution in [-0.2, 0) is 24.1 Å². The zero-order valence-corrected chi connectivity index (χ0v) is 20.9. The van der Waals surface area contributed by atoms with Crippen LogP contribution in [0.4, 0.5) is 5.82 Å². The number of carbonyl (C=O) groups is 1. The van der Waals surface area contributed by atoms with Crippen molar-refractivity contribution in [3.63, 3.8) is 0 Å². The van der Waals surface area contributed by atoms with Crippen molar-refractivity contribution in [3.8, 4) is 0 Å². The second kappa shape index (κ2) is 9.22. The Morgan fingerprint density at radius 1 is 1.10 bits per heavy atom. The van der Waals surface area contributed by atoms with Crippen LogP contribution in [0, 0.1) is 11.3 Å². The largest absolute Gasteiger partial charge is 0.352 e. The number of aryl methyl sites for hydroxylation is 2. The van der Waals surface area contributed by atoms with Gasteiger partial charge in [0.05, 0.1) is 10.8 Å². The first kappa shape index (κ1) is 22.8. The molecule has 0 radical (unpaired) electrons. The van der Waals surface area contributed by atoms with Gasteiger partial charge in [0.1, 0.15) is 16.5 Å². The van der Waals surface area contributed by atoms with Crippen LogP contribution in [0.1, 0.15) is 63.2 Å². The number of nitrogens with zero attached hydrogens (tertiary/aromatic N) is 4. The van der Waals surface area contributed by atoms with E-state index in [1.807, 2.05) is 30.1 Å². The molecule has 4 rings (SSSR count). The van der Waals surface area contributed by atoms with Gasteiger partial charge in [0, 0.05) is 43.4 Å². The smallest absolute Gasteiger partial charge is 0.229 e. The minimum absolute atomic E-state index is 0.153. The van der Waals surface area contributed by atoms with Crippen LogP contribution in [0.5, 0.6) is 0 Å². The fourth-order valence-corrected chi connectivity index (χ4v) is 6.04. The summed E-state index contributed by atoms with van der Waals surface area (Å²) >= 11 is 7.94. The van der Waals surface area contributed by atoms with Gasteiger partial charge in [-0.15, -0.1) is 22.9 Å². The first-order valence-electron chi connectivity index (χ1n) is 11.7. The van der Waals surface area contributed by atoms with Crippen molar-refractivity contribution < 1.29 is 4.79 Å². The van der Waals surface area contributed by atoms with Gasteiger partial charge in [0.2, 0.25) is 5.91 Å². The fourth-order valence-electron chi connectivity index (χ4n) is 4.65. The third-order valence-electron chi connectivity index (χ3n) is 6.46. The molecule has 2 aliphatic rings. The molecule has 1 aliphatic heterocycles. The number of piperazine rings is 1. The monoisotopic (exact) mass is 462 g/mol. The summed E-state index contributed by atoms with van der Waals surface area (Å²) in [5.74, 6) is 3.08. The van der Waals surface area contributed by atoms with Crippen LogP contribution < -0.4 is 4.90 Å². The van der Waals surface area contributed by atoms with E-state index in [2.05, 4.69) is 18.7 Å². The van der Waals surface area contributed by atoms with Gasteiger partial charge in [-0.1, -0.05) is 20.3 Å². The summed E-state index contributed by atoms with van der Waals surface area (Å²) < 4.78 is 0. The minimum atomic E-state index is -0.513. The van der Waals surface area contributed by atoms with Crippen molar-refractivity contribution in [1.29, 1.82) is 0 Å². The number of fused-ring (bicyclic) bond motifs is 3. The molecule has 0 N–H and O–H groups in total. The van der Waals surface area contributed by atoms with E-state index in [4.69, 9.17) is 21.6 Å². The van der Waals surface area contributed by atoms with E-state index in [-0.39, 0.29) is 5.91 Å². The van der Waals surface area contributed by atoms with Crippen molar-refractivity contribution in [2.75, 3.05) is 37.0 Å². The standard InChI is InChI=1S/C24H35ClN4OS/c1-16(2)14-19-26-21(20-17-8-6-5-7-9-18(17)31-22(20)27-19)28-10-12-29(13-11-28)23(30)24(3,4)15-25/h16H,5-15H2,1-4H3. The van der Waals surface area contributed by atoms with Crippen LogP contribution in [0.15, 0.2) is 0 Å². The highest BCUT2D eigenvalue weighted by molar-refractivity contribution is 7.19. The van der Waals surface area contributed by atoms with E-state index >= 15 is 0 Å². The lowest BCUT2D eigenvalue weighted by Crippen LogP contribution is -2.52. The highest BCUT2D eigenvalue weighted by Gasteiger charge is 2.34. The number of aromatic nitrogens is 2. The average Bonchev–Trinajstić information content (AvgIpc) is 2.93. The topological polar surface area (TPSA) is 49.3 Å². The molecule has 0 aromatic carbocycles. The Morgan fingerprint density at radius 3 is 2.48 bits per heavy atom. The second-order valence-corrected chi connectivity index (χ2v) is 11.5. The quantitative estimate of drug-likeness (QED) is 0.459. The molecule has 0 unspecified atom stereocenters. The summed E-state index contributed by atoms with van der Waals surface area (Å²) in [5, 5.41) is 1.29. The Bertz CT molecular complexity index is 947. The third kappa shape index (κ3) is 4.70. The number of anilines is 1. The van der Waals surface area contributed by atoms with Crippen molar-refractivity contribution in [3.05, 3.63) is 16.3 Å². The number of hydrogen-bond acceptors (Lipinski definition) is 5. The number of amides is 1. The van der Waals surface area contributed by atoms with Crippen molar-refractivity contribution in [1.82, 2.24) is 14.9 Å². The second-order valence-electron chi connectivity index (χ2n) is 10.1. The molecule has 2 aromatic heterocycles. The van der Waals surface area contributed by atoms with Gasteiger partial charge in [-0.05, 0) is 51.0 Å². The first-order chi connectivity index (χ1) is 14.8. The lowest BCUT2D eigenvalue weighted by Gasteiger charge is -2.39. The zero-order valence-electron chi connectivity index (χ0n) is 19.3. The Morgan fingerprint density at radius 2 is 1.81 bits per heavy atom. The summed E-state index contributed by atoms with van der Waals surface area (Å²) in [6.07, 6.45) is 7.04. The molecule has 0 spiro atoms. The number of hydrogen-bond donors (Lipinski definition) is 0. The van der Waals surface area contributed by atoms with Crippen LogP contribution in [0.3, 0.4) is 0 Å². The molecule has 2 aromatic rings. The molecular formula is C24H35ClN4OS. The van der Waals surface area contributed by atoms with Crippen molar-refractivity contribution >= 4 is 44.9 Å². The van der Waals surface area contributed by atoms with E-state index in [1.165, 1.54) is 41.5 Å². The van der Waals surface area contributed by atoms with E-state index in [0.29, 0.717) is 11.8 Å². The number of thiophene rings is 1. The number of alkyl halides is 1. The van der Waals surface area contributed by atoms with Crippen LogP contribution in [0.25, 0.3) is 10.2 Å². The van der Waals surface area contributed by atoms with Gasteiger partial charge < -0.3 is 9.80 Å². The summed E-state index contributed by atoms with van der Waals surface area (Å²) in [6.45, 7) is 11.4. The SMILES string of the molecule is CC(C)Cc1nc(N2CCN(C(=O)C(C)(C)CCl)CC2)c2c3c(sc2n1)CCCCC3. The molecule has 7 heteroatoms. The van der Waals surface area contributed by atoms with E-state index in [9.17, 15) is 4.79 Å². The van der Waals surface area contributed by atoms with Crippen molar-refractivity contribution in [2.24, 2.45) is 11.3 Å². The molecule has 31 heavy (non-hydrogen) atoms. The highest BCUT2D eigenvalue weighted by Crippen LogP contribution is 2.39. The molecule has 1 amide bonds. The Balaban J connectivity index is 1.66. The number of halogens is 1. The van der Waals surface area contributed by atoms with E-state index in [1.54, 1.807) is 0 Å². The third-order valence-corrected chi connectivity index (χ3v) is 8.32. The molecule has 1 saturated heterocycles. The van der Waals surface area contributed by atoms with Gasteiger partial charge in [-0.2, -0.15) is 0 Å². The summed E-state index contributed by atoms with van der Waals surface area (Å²) in [6, 6.07) is 0.